The van der Waals surface area contributed by atoms with Crippen LogP contribution in [0.15, 0.2) is 23.8 Å². The molecule has 0 fully saturated rings. The van der Waals surface area contributed by atoms with Crippen LogP contribution in [-0.2, 0) is 0 Å². The Morgan fingerprint density at radius 1 is 1.80 bits per heavy atom. The summed E-state index contributed by atoms with van der Waals surface area (Å²) >= 11 is 0. The van der Waals surface area contributed by atoms with Crippen LogP contribution in [0.5, 0.6) is 0 Å². The van der Waals surface area contributed by atoms with Gasteiger partial charge >= 0.3 is 0 Å². The van der Waals surface area contributed by atoms with Crippen molar-refractivity contribution in [2.45, 2.75) is 19.4 Å². The molecule has 0 saturated heterocycles. The van der Waals surface area contributed by atoms with Crippen LogP contribution in [0, 0.1) is 10.1 Å². The van der Waals surface area contributed by atoms with Crippen LogP contribution < -0.4 is 0 Å². The summed E-state index contributed by atoms with van der Waals surface area (Å²) in [6, 6.07) is -0.495. The van der Waals surface area contributed by atoms with Gasteiger partial charge in [-0.2, -0.15) is 0 Å². The first-order chi connectivity index (χ1) is 4.70. The molecule has 0 aromatic rings. The number of nitro groups is 1. The predicted molar refractivity (Wildman–Crippen MR) is 38.3 cm³/mol. The smallest absolute Gasteiger partial charge is 0.235 e. The largest absolute Gasteiger partial charge is 0.264 e. The Kier molecular flexibility index (Phi) is 1.85. The molecule has 0 spiro atoms. The summed E-state index contributed by atoms with van der Waals surface area (Å²) in [7, 11) is 0. The lowest BCUT2D eigenvalue weighted by Gasteiger charge is -2.06. The number of nitrogens with zero attached hydrogens (tertiary/aromatic N) is 1. The highest BCUT2D eigenvalue weighted by atomic mass is 16.6. The molecule has 10 heavy (non-hydrogen) atoms. The summed E-state index contributed by atoms with van der Waals surface area (Å²) in [4.78, 5) is 9.97. The second-order valence-corrected chi connectivity index (χ2v) is 2.40. The van der Waals surface area contributed by atoms with E-state index < -0.39 is 6.04 Å². The lowest BCUT2D eigenvalue weighted by molar-refractivity contribution is -0.508. The fourth-order valence-corrected chi connectivity index (χ4v) is 0.967. The Morgan fingerprint density at radius 2 is 2.50 bits per heavy atom. The SMILES string of the molecule is CC1=C[C@@H]([N+](=O)[O-])CC=C1. The third-order valence-corrected chi connectivity index (χ3v) is 1.48. The van der Waals surface area contributed by atoms with Gasteiger partial charge in [0.1, 0.15) is 0 Å². The lowest BCUT2D eigenvalue weighted by Crippen LogP contribution is -2.17. The highest BCUT2D eigenvalue weighted by Crippen LogP contribution is 2.11. The van der Waals surface area contributed by atoms with Crippen LogP contribution in [0.1, 0.15) is 13.3 Å². The highest BCUT2D eigenvalue weighted by molar-refractivity contribution is 5.21. The normalized spacial score (nSPS) is 24.1. The van der Waals surface area contributed by atoms with E-state index in [-0.39, 0.29) is 4.92 Å². The van der Waals surface area contributed by atoms with Crippen molar-refractivity contribution in [3.63, 3.8) is 0 Å². The van der Waals surface area contributed by atoms with E-state index >= 15 is 0 Å². The quantitative estimate of drug-likeness (QED) is 0.408. The summed E-state index contributed by atoms with van der Waals surface area (Å²) in [5, 5.41) is 10.2. The van der Waals surface area contributed by atoms with E-state index in [2.05, 4.69) is 0 Å². The summed E-state index contributed by atoms with van der Waals surface area (Å²) in [5.74, 6) is 0. The van der Waals surface area contributed by atoms with Crippen molar-refractivity contribution in [2.75, 3.05) is 0 Å². The van der Waals surface area contributed by atoms with Crippen LogP contribution in [-0.4, -0.2) is 11.0 Å². The van der Waals surface area contributed by atoms with Crippen molar-refractivity contribution in [1.82, 2.24) is 0 Å². The van der Waals surface area contributed by atoms with Crippen LogP contribution in [0.25, 0.3) is 0 Å². The molecule has 3 heteroatoms. The lowest BCUT2D eigenvalue weighted by atomic mass is 10.1. The van der Waals surface area contributed by atoms with Gasteiger partial charge in [-0.15, -0.1) is 0 Å². The van der Waals surface area contributed by atoms with E-state index in [4.69, 9.17) is 0 Å². The average Bonchev–Trinajstić information content (AvgIpc) is 1.88. The minimum atomic E-state index is -0.495. The molecule has 0 radical (unpaired) electrons. The summed E-state index contributed by atoms with van der Waals surface area (Å²) in [5.41, 5.74) is 0.980. The Bertz CT molecular complexity index is 206. The molecule has 1 aliphatic carbocycles. The second-order valence-electron chi connectivity index (χ2n) is 2.40. The maximum absolute atomic E-state index is 10.2. The van der Waals surface area contributed by atoms with Crippen molar-refractivity contribution >= 4 is 0 Å². The molecule has 1 rings (SSSR count). The molecule has 1 aliphatic rings. The van der Waals surface area contributed by atoms with Crippen LogP contribution >= 0.6 is 0 Å². The van der Waals surface area contributed by atoms with Gasteiger partial charge in [0.2, 0.25) is 6.04 Å². The molecule has 54 valence electrons. The molecule has 0 amide bonds. The molecule has 0 saturated carbocycles. The molecular weight excluding hydrogens is 130 g/mol. The Labute approximate surface area is 59.2 Å². The van der Waals surface area contributed by atoms with Gasteiger partial charge in [0, 0.05) is 11.3 Å². The maximum atomic E-state index is 10.2. The van der Waals surface area contributed by atoms with Crippen LogP contribution in [0.2, 0.25) is 0 Å². The third-order valence-electron chi connectivity index (χ3n) is 1.48. The summed E-state index contributed by atoms with van der Waals surface area (Å²) in [6.07, 6.45) is 5.95. The highest BCUT2D eigenvalue weighted by Gasteiger charge is 2.16. The van der Waals surface area contributed by atoms with Gasteiger partial charge in [0.15, 0.2) is 0 Å². The van der Waals surface area contributed by atoms with E-state index in [9.17, 15) is 10.1 Å². The molecule has 1 atom stereocenters. The van der Waals surface area contributed by atoms with Gasteiger partial charge in [0.25, 0.3) is 0 Å². The zero-order chi connectivity index (χ0) is 7.56. The van der Waals surface area contributed by atoms with Gasteiger partial charge in [-0.05, 0) is 18.6 Å². The molecule has 0 aliphatic heterocycles. The third kappa shape index (κ3) is 1.43. The van der Waals surface area contributed by atoms with Crippen LogP contribution in [0.3, 0.4) is 0 Å². The fourth-order valence-electron chi connectivity index (χ4n) is 0.967. The summed E-state index contributed by atoms with van der Waals surface area (Å²) in [6.45, 7) is 1.87. The Morgan fingerprint density at radius 3 is 2.90 bits per heavy atom. The first kappa shape index (κ1) is 6.99. The monoisotopic (exact) mass is 139 g/mol. The van der Waals surface area contributed by atoms with E-state index in [0.717, 1.165) is 5.57 Å². The van der Waals surface area contributed by atoms with E-state index in [1.807, 2.05) is 19.1 Å². The van der Waals surface area contributed by atoms with Crippen LogP contribution in [0.4, 0.5) is 0 Å². The zero-order valence-corrected chi connectivity index (χ0v) is 5.78. The Hall–Kier alpha value is -1.12. The van der Waals surface area contributed by atoms with E-state index in [0.29, 0.717) is 6.42 Å². The zero-order valence-electron chi connectivity index (χ0n) is 5.78. The van der Waals surface area contributed by atoms with Gasteiger partial charge < -0.3 is 0 Å². The minimum absolute atomic E-state index is 0.257. The molecule has 3 nitrogen and oxygen atoms in total. The van der Waals surface area contributed by atoms with Crippen molar-refractivity contribution in [3.05, 3.63) is 33.9 Å². The molecule has 0 aromatic carbocycles. The van der Waals surface area contributed by atoms with E-state index in [1.165, 1.54) is 0 Å². The van der Waals surface area contributed by atoms with E-state index in [1.54, 1.807) is 6.08 Å². The number of hydrogen-bond donors (Lipinski definition) is 0. The van der Waals surface area contributed by atoms with Gasteiger partial charge in [-0.1, -0.05) is 12.2 Å². The first-order valence-corrected chi connectivity index (χ1v) is 3.18. The number of allylic oxidation sites excluding steroid dienone is 2. The molecule has 0 N–H and O–H groups in total. The second kappa shape index (κ2) is 2.64. The maximum Gasteiger partial charge on any atom is 0.235 e. The topological polar surface area (TPSA) is 43.1 Å². The molecule has 0 aromatic heterocycles. The first-order valence-electron chi connectivity index (χ1n) is 3.18. The predicted octanol–water partition coefficient (Wildman–Crippen LogP) is 1.54. The number of hydrogen-bond acceptors (Lipinski definition) is 2. The molecule has 0 bridgehead atoms. The molecule has 0 heterocycles. The van der Waals surface area contributed by atoms with Crippen molar-refractivity contribution in [3.8, 4) is 0 Å². The fraction of sp³-hybridized carbons (Fsp3) is 0.429. The Balaban J connectivity index is 2.69. The molecular formula is C7H9NO2. The molecule has 0 unspecified atom stereocenters. The van der Waals surface area contributed by atoms with Crippen molar-refractivity contribution in [1.29, 1.82) is 0 Å². The number of rotatable bonds is 1. The standard InChI is InChI=1S/C7H9NO2/c1-6-3-2-4-7(5-6)8(9)10/h2-3,5,7H,4H2,1H3/t7-/m0/s1. The average molecular weight is 139 g/mol. The van der Waals surface area contributed by atoms with Crippen molar-refractivity contribution < 1.29 is 4.92 Å². The van der Waals surface area contributed by atoms with Gasteiger partial charge in [-0.25, -0.2) is 0 Å². The summed E-state index contributed by atoms with van der Waals surface area (Å²) < 4.78 is 0. The van der Waals surface area contributed by atoms with Gasteiger partial charge in [-0.3, -0.25) is 10.1 Å². The minimum Gasteiger partial charge on any atom is -0.264 e. The van der Waals surface area contributed by atoms with Gasteiger partial charge in [0.05, 0.1) is 0 Å². The van der Waals surface area contributed by atoms with Crippen molar-refractivity contribution in [2.24, 2.45) is 0 Å².